The highest BCUT2D eigenvalue weighted by Crippen LogP contribution is 2.27. The van der Waals surface area contributed by atoms with Crippen molar-refractivity contribution in [2.24, 2.45) is 5.92 Å². The van der Waals surface area contributed by atoms with Crippen LogP contribution in [0.2, 0.25) is 0 Å². The highest BCUT2D eigenvalue weighted by molar-refractivity contribution is 5.78. The zero-order chi connectivity index (χ0) is 10.8. The summed E-state index contributed by atoms with van der Waals surface area (Å²) in [6.07, 6.45) is 3.52. The van der Waals surface area contributed by atoms with E-state index >= 15 is 0 Å². The third-order valence-electron chi connectivity index (χ3n) is 2.82. The molecule has 1 saturated carbocycles. The molecule has 0 unspecified atom stereocenters. The van der Waals surface area contributed by atoms with E-state index in [0.29, 0.717) is 6.42 Å². The van der Waals surface area contributed by atoms with Crippen LogP contribution < -0.4 is 5.32 Å². The smallest absolute Gasteiger partial charge is 0.222 e. The third-order valence-corrected chi connectivity index (χ3v) is 2.82. The molecule has 0 saturated heterocycles. The van der Waals surface area contributed by atoms with Gasteiger partial charge in [0, 0.05) is 12.0 Å². The van der Waals surface area contributed by atoms with Gasteiger partial charge in [-0.15, -0.1) is 0 Å². The highest BCUT2D eigenvalue weighted by atomic mass is 16.3. The van der Waals surface area contributed by atoms with Gasteiger partial charge in [0.1, 0.15) is 0 Å². The number of amides is 1. The molecule has 82 valence electrons. The number of nitrogens with one attached hydrogen (secondary N) is 1. The second-order valence-corrected chi connectivity index (χ2v) is 4.95. The van der Waals surface area contributed by atoms with Crippen LogP contribution in [-0.4, -0.2) is 22.7 Å². The first kappa shape index (κ1) is 11.5. The Labute approximate surface area is 85.9 Å². The average molecular weight is 199 g/mol. The number of rotatable bonds is 2. The van der Waals surface area contributed by atoms with Crippen molar-refractivity contribution in [2.75, 3.05) is 0 Å². The Hall–Kier alpha value is -0.570. The molecule has 2 N–H and O–H groups in total. The summed E-state index contributed by atoms with van der Waals surface area (Å²) in [5, 5.41) is 12.8. The molecular formula is C11H21NO2. The Balaban J connectivity index is 2.42. The molecule has 0 radical (unpaired) electrons. The van der Waals surface area contributed by atoms with E-state index in [9.17, 15) is 9.90 Å². The standard InChI is InChI=1S/C11H21NO2/c1-8(2)10(13)12-9-5-4-6-11(3,14)7-9/h8-9,14H,4-7H2,1-3H3,(H,12,13)/t9-,11-/m1/s1. The molecule has 1 rings (SSSR count). The topological polar surface area (TPSA) is 49.3 Å². The second kappa shape index (κ2) is 4.30. The lowest BCUT2D eigenvalue weighted by molar-refractivity contribution is -0.125. The van der Waals surface area contributed by atoms with Crippen molar-refractivity contribution in [2.45, 2.75) is 58.1 Å². The van der Waals surface area contributed by atoms with Crippen molar-refractivity contribution in [3.05, 3.63) is 0 Å². The Morgan fingerprint density at radius 2 is 2.21 bits per heavy atom. The SMILES string of the molecule is CC(C)C(=O)N[C@@H]1CCC[C@@](C)(O)C1. The molecule has 1 aliphatic rings. The van der Waals surface area contributed by atoms with E-state index in [4.69, 9.17) is 0 Å². The van der Waals surface area contributed by atoms with Gasteiger partial charge in [0.15, 0.2) is 0 Å². The maximum atomic E-state index is 11.4. The molecule has 2 atom stereocenters. The van der Waals surface area contributed by atoms with E-state index in [1.165, 1.54) is 0 Å². The van der Waals surface area contributed by atoms with Gasteiger partial charge in [0.2, 0.25) is 5.91 Å². The Bertz CT molecular complexity index is 211. The molecule has 1 fully saturated rings. The Kier molecular flexibility index (Phi) is 3.53. The lowest BCUT2D eigenvalue weighted by Gasteiger charge is -2.34. The molecule has 0 aromatic heterocycles. The van der Waals surface area contributed by atoms with Crippen molar-refractivity contribution >= 4 is 5.91 Å². The number of hydrogen-bond acceptors (Lipinski definition) is 2. The van der Waals surface area contributed by atoms with Gasteiger partial charge in [-0.1, -0.05) is 13.8 Å². The van der Waals surface area contributed by atoms with Gasteiger partial charge in [-0.25, -0.2) is 0 Å². The molecule has 0 aliphatic heterocycles. The van der Waals surface area contributed by atoms with Crippen LogP contribution in [0.5, 0.6) is 0 Å². The molecule has 0 bridgehead atoms. The minimum Gasteiger partial charge on any atom is -0.390 e. The Morgan fingerprint density at radius 1 is 1.57 bits per heavy atom. The fraction of sp³-hybridized carbons (Fsp3) is 0.909. The summed E-state index contributed by atoms with van der Waals surface area (Å²) >= 11 is 0. The predicted octanol–water partition coefficient (Wildman–Crippen LogP) is 1.45. The van der Waals surface area contributed by atoms with Gasteiger partial charge in [-0.3, -0.25) is 4.79 Å². The van der Waals surface area contributed by atoms with Crippen molar-refractivity contribution in [3.63, 3.8) is 0 Å². The van der Waals surface area contributed by atoms with E-state index < -0.39 is 5.60 Å². The fourth-order valence-corrected chi connectivity index (χ4v) is 1.96. The molecule has 0 heterocycles. The summed E-state index contributed by atoms with van der Waals surface area (Å²) < 4.78 is 0. The zero-order valence-corrected chi connectivity index (χ0v) is 9.34. The molecule has 1 amide bonds. The zero-order valence-electron chi connectivity index (χ0n) is 9.34. The molecule has 3 nitrogen and oxygen atoms in total. The van der Waals surface area contributed by atoms with E-state index in [0.717, 1.165) is 19.3 Å². The van der Waals surface area contributed by atoms with Crippen molar-refractivity contribution < 1.29 is 9.90 Å². The predicted molar refractivity (Wildman–Crippen MR) is 55.9 cm³/mol. The van der Waals surface area contributed by atoms with Crippen LogP contribution in [0.15, 0.2) is 0 Å². The fourth-order valence-electron chi connectivity index (χ4n) is 1.96. The highest BCUT2D eigenvalue weighted by Gasteiger charge is 2.30. The molecule has 0 aromatic carbocycles. The summed E-state index contributed by atoms with van der Waals surface area (Å²) in [5.41, 5.74) is -0.590. The van der Waals surface area contributed by atoms with Gasteiger partial charge in [0.05, 0.1) is 5.60 Å². The first-order valence-electron chi connectivity index (χ1n) is 5.43. The third kappa shape index (κ3) is 3.29. The summed E-state index contributed by atoms with van der Waals surface area (Å²) in [5.74, 6) is 0.120. The van der Waals surface area contributed by atoms with Gasteiger partial charge >= 0.3 is 0 Å². The molecule has 0 aromatic rings. The van der Waals surface area contributed by atoms with Crippen LogP contribution in [0, 0.1) is 5.92 Å². The first-order chi connectivity index (χ1) is 6.41. The lowest BCUT2D eigenvalue weighted by atomic mass is 9.83. The second-order valence-electron chi connectivity index (χ2n) is 4.95. The van der Waals surface area contributed by atoms with E-state index in [1.807, 2.05) is 20.8 Å². The number of hydrogen-bond donors (Lipinski definition) is 2. The minimum absolute atomic E-state index is 0.0295. The number of carbonyl (C=O) groups is 1. The maximum Gasteiger partial charge on any atom is 0.222 e. The van der Waals surface area contributed by atoms with Crippen LogP contribution in [0.1, 0.15) is 46.5 Å². The van der Waals surface area contributed by atoms with Gasteiger partial charge < -0.3 is 10.4 Å². The molecule has 14 heavy (non-hydrogen) atoms. The minimum atomic E-state index is -0.590. The van der Waals surface area contributed by atoms with E-state index in [2.05, 4.69) is 5.32 Å². The lowest BCUT2D eigenvalue weighted by Crippen LogP contribution is -2.45. The van der Waals surface area contributed by atoms with Gasteiger partial charge in [0.25, 0.3) is 0 Å². The molecule has 0 spiro atoms. The van der Waals surface area contributed by atoms with Crippen molar-refractivity contribution in [1.29, 1.82) is 0 Å². The maximum absolute atomic E-state index is 11.4. The molecule has 3 heteroatoms. The number of carbonyl (C=O) groups excluding carboxylic acids is 1. The summed E-state index contributed by atoms with van der Waals surface area (Å²) in [6, 6.07) is 0.161. The van der Waals surface area contributed by atoms with E-state index in [1.54, 1.807) is 0 Å². The van der Waals surface area contributed by atoms with Crippen molar-refractivity contribution in [3.8, 4) is 0 Å². The Morgan fingerprint density at radius 3 is 2.71 bits per heavy atom. The van der Waals surface area contributed by atoms with Gasteiger partial charge in [-0.05, 0) is 32.6 Å². The van der Waals surface area contributed by atoms with Crippen LogP contribution >= 0.6 is 0 Å². The summed E-state index contributed by atoms with van der Waals surface area (Å²) in [6.45, 7) is 5.62. The largest absolute Gasteiger partial charge is 0.390 e. The van der Waals surface area contributed by atoms with Crippen molar-refractivity contribution in [1.82, 2.24) is 5.32 Å². The van der Waals surface area contributed by atoms with Crippen LogP contribution in [0.4, 0.5) is 0 Å². The normalized spacial score (nSPS) is 33.1. The molecular weight excluding hydrogens is 178 g/mol. The summed E-state index contributed by atoms with van der Waals surface area (Å²) in [4.78, 5) is 11.4. The number of aliphatic hydroxyl groups is 1. The van der Waals surface area contributed by atoms with E-state index in [-0.39, 0.29) is 17.9 Å². The monoisotopic (exact) mass is 199 g/mol. The summed E-state index contributed by atoms with van der Waals surface area (Å²) in [7, 11) is 0. The van der Waals surface area contributed by atoms with Crippen LogP contribution in [0.3, 0.4) is 0 Å². The van der Waals surface area contributed by atoms with Gasteiger partial charge in [-0.2, -0.15) is 0 Å². The van der Waals surface area contributed by atoms with Crippen LogP contribution in [-0.2, 0) is 4.79 Å². The average Bonchev–Trinajstić information content (AvgIpc) is 2.01. The first-order valence-corrected chi connectivity index (χ1v) is 5.43. The van der Waals surface area contributed by atoms with Crippen LogP contribution in [0.25, 0.3) is 0 Å². The molecule has 1 aliphatic carbocycles. The quantitative estimate of drug-likeness (QED) is 0.707.